The van der Waals surface area contributed by atoms with Crippen LogP contribution in [0.1, 0.15) is 28.1 Å². The molecule has 5 rings (SSSR count). The van der Waals surface area contributed by atoms with Gasteiger partial charge in [-0.25, -0.2) is 23.1 Å². The van der Waals surface area contributed by atoms with Gasteiger partial charge in [0.2, 0.25) is 5.88 Å². The summed E-state index contributed by atoms with van der Waals surface area (Å²) in [5, 5.41) is 8.17. The maximum absolute atomic E-state index is 12.7. The zero-order chi connectivity index (χ0) is 20.9. The molecule has 3 heterocycles. The van der Waals surface area contributed by atoms with E-state index in [1.165, 1.54) is 10.4 Å². The first kappa shape index (κ1) is 19.0. The SMILES string of the molecule is Cc1noc(NS(=O)(=O)c2ccc(Nc3ncnc4sc5c(c34)CCC5)cc2)c1C. The van der Waals surface area contributed by atoms with Crippen molar-refractivity contribution in [2.45, 2.75) is 38.0 Å². The molecule has 1 aromatic carbocycles. The van der Waals surface area contributed by atoms with Gasteiger partial charge in [0.1, 0.15) is 17.0 Å². The van der Waals surface area contributed by atoms with E-state index in [4.69, 9.17) is 4.52 Å². The lowest BCUT2D eigenvalue weighted by Crippen LogP contribution is -2.13. The van der Waals surface area contributed by atoms with Crippen LogP contribution in [-0.2, 0) is 22.9 Å². The van der Waals surface area contributed by atoms with E-state index >= 15 is 0 Å². The summed E-state index contributed by atoms with van der Waals surface area (Å²) in [4.78, 5) is 11.3. The number of nitrogens with zero attached hydrogens (tertiary/aromatic N) is 3. The lowest BCUT2D eigenvalue weighted by atomic mass is 10.2. The Labute approximate surface area is 177 Å². The first-order valence-corrected chi connectivity index (χ1v) is 11.8. The Hall–Kier alpha value is -2.98. The van der Waals surface area contributed by atoms with Gasteiger partial charge >= 0.3 is 0 Å². The van der Waals surface area contributed by atoms with Crippen molar-refractivity contribution in [2.24, 2.45) is 0 Å². The molecule has 0 fully saturated rings. The summed E-state index contributed by atoms with van der Waals surface area (Å²) in [7, 11) is -3.78. The minimum atomic E-state index is -3.78. The van der Waals surface area contributed by atoms with Crippen molar-refractivity contribution < 1.29 is 12.9 Å². The molecule has 0 saturated carbocycles. The summed E-state index contributed by atoms with van der Waals surface area (Å²) in [6.07, 6.45) is 4.86. The normalized spacial score (nSPS) is 13.5. The van der Waals surface area contributed by atoms with E-state index in [1.807, 2.05) is 0 Å². The average Bonchev–Trinajstić information content (AvgIpc) is 3.39. The van der Waals surface area contributed by atoms with Crippen LogP contribution in [0, 0.1) is 13.8 Å². The van der Waals surface area contributed by atoms with E-state index in [9.17, 15) is 8.42 Å². The number of fused-ring (bicyclic) bond motifs is 3. The van der Waals surface area contributed by atoms with E-state index in [-0.39, 0.29) is 10.8 Å². The van der Waals surface area contributed by atoms with Crippen molar-refractivity contribution in [3.63, 3.8) is 0 Å². The second-order valence-electron chi connectivity index (χ2n) is 7.24. The second kappa shape index (κ2) is 7.06. The molecule has 1 aliphatic carbocycles. The zero-order valence-corrected chi connectivity index (χ0v) is 18.0. The molecular weight excluding hydrogens is 422 g/mol. The topological polar surface area (TPSA) is 110 Å². The first-order chi connectivity index (χ1) is 14.4. The molecule has 0 amide bonds. The predicted molar refractivity (Wildman–Crippen MR) is 116 cm³/mol. The maximum atomic E-state index is 12.7. The van der Waals surface area contributed by atoms with Crippen molar-refractivity contribution >= 4 is 49.0 Å². The molecule has 8 nitrogen and oxygen atoms in total. The molecule has 4 aromatic rings. The lowest BCUT2D eigenvalue weighted by molar-refractivity contribution is 0.430. The minimum Gasteiger partial charge on any atom is -0.340 e. The van der Waals surface area contributed by atoms with Crippen molar-refractivity contribution in [1.29, 1.82) is 0 Å². The molecule has 0 unspecified atom stereocenters. The maximum Gasteiger partial charge on any atom is 0.264 e. The van der Waals surface area contributed by atoms with Gasteiger partial charge in [-0.15, -0.1) is 11.3 Å². The molecular formula is C20H19N5O3S2. The van der Waals surface area contributed by atoms with Crippen molar-refractivity contribution in [2.75, 3.05) is 10.0 Å². The van der Waals surface area contributed by atoms with Gasteiger partial charge in [0.05, 0.1) is 16.0 Å². The van der Waals surface area contributed by atoms with Gasteiger partial charge in [0.15, 0.2) is 0 Å². The van der Waals surface area contributed by atoms with Gasteiger partial charge < -0.3 is 9.84 Å². The standard InChI is InChI=1S/C20H19N5O3S2/c1-11-12(2)24-28-19(11)25-30(26,27)14-8-6-13(7-9-14)23-18-17-15-4-3-5-16(15)29-20(17)22-10-21-18/h6-10,25H,3-5H2,1-2H3,(H,21,22,23). The second-order valence-corrected chi connectivity index (χ2v) is 10.0. The van der Waals surface area contributed by atoms with E-state index in [0.717, 1.165) is 41.0 Å². The molecule has 3 aromatic heterocycles. The van der Waals surface area contributed by atoms with Crippen LogP contribution in [0.15, 0.2) is 40.0 Å². The summed E-state index contributed by atoms with van der Waals surface area (Å²) in [6.45, 7) is 3.50. The summed E-state index contributed by atoms with van der Waals surface area (Å²) in [6, 6.07) is 6.51. The van der Waals surface area contributed by atoms with Crippen LogP contribution in [-0.4, -0.2) is 23.5 Å². The van der Waals surface area contributed by atoms with Gasteiger partial charge in [0.25, 0.3) is 10.0 Å². The van der Waals surface area contributed by atoms with Crippen LogP contribution in [0.4, 0.5) is 17.4 Å². The Morgan fingerprint density at radius 3 is 2.63 bits per heavy atom. The molecule has 154 valence electrons. The van der Waals surface area contributed by atoms with Crippen LogP contribution in [0.3, 0.4) is 0 Å². The summed E-state index contributed by atoms with van der Waals surface area (Å²) < 4.78 is 32.8. The van der Waals surface area contributed by atoms with Crippen molar-refractivity contribution in [1.82, 2.24) is 15.1 Å². The number of benzene rings is 1. The van der Waals surface area contributed by atoms with E-state index < -0.39 is 10.0 Å². The number of rotatable bonds is 5. The third-order valence-electron chi connectivity index (χ3n) is 5.31. The zero-order valence-electron chi connectivity index (χ0n) is 16.4. The number of aromatic nitrogens is 3. The Balaban J connectivity index is 1.41. The molecule has 30 heavy (non-hydrogen) atoms. The number of hydrogen-bond donors (Lipinski definition) is 2. The molecule has 0 aliphatic heterocycles. The fraction of sp³-hybridized carbons (Fsp3) is 0.250. The van der Waals surface area contributed by atoms with Gasteiger partial charge in [-0.05, 0) is 62.9 Å². The molecule has 0 saturated heterocycles. The molecule has 10 heteroatoms. The number of hydrogen-bond acceptors (Lipinski definition) is 8. The van der Waals surface area contributed by atoms with Gasteiger partial charge in [-0.2, -0.15) is 0 Å². The molecule has 0 spiro atoms. The number of thiophene rings is 1. The van der Waals surface area contributed by atoms with Crippen LogP contribution >= 0.6 is 11.3 Å². The number of sulfonamides is 1. The highest BCUT2D eigenvalue weighted by molar-refractivity contribution is 7.92. The number of aryl methyl sites for hydroxylation is 3. The van der Waals surface area contributed by atoms with Crippen molar-refractivity contribution in [3.8, 4) is 0 Å². The van der Waals surface area contributed by atoms with Gasteiger partial charge in [-0.1, -0.05) is 5.16 Å². The third-order valence-corrected chi connectivity index (χ3v) is 7.86. The summed E-state index contributed by atoms with van der Waals surface area (Å²) in [5.74, 6) is 0.880. The third kappa shape index (κ3) is 3.21. The van der Waals surface area contributed by atoms with E-state index in [0.29, 0.717) is 11.3 Å². The molecule has 2 N–H and O–H groups in total. The molecule has 0 bridgehead atoms. The van der Waals surface area contributed by atoms with Crippen LogP contribution in [0.2, 0.25) is 0 Å². The van der Waals surface area contributed by atoms with Crippen molar-refractivity contribution in [3.05, 3.63) is 52.3 Å². The Bertz CT molecular complexity index is 1360. The predicted octanol–water partition coefficient (Wildman–Crippen LogP) is 4.33. The van der Waals surface area contributed by atoms with Crippen LogP contribution in [0.25, 0.3) is 10.2 Å². The first-order valence-electron chi connectivity index (χ1n) is 9.50. The molecule has 0 radical (unpaired) electrons. The summed E-state index contributed by atoms with van der Waals surface area (Å²) in [5.41, 5.74) is 3.38. The lowest BCUT2D eigenvalue weighted by Gasteiger charge is -2.09. The van der Waals surface area contributed by atoms with E-state index in [2.05, 4.69) is 25.2 Å². The molecule has 0 atom stereocenters. The quantitative estimate of drug-likeness (QED) is 0.474. The Morgan fingerprint density at radius 2 is 1.90 bits per heavy atom. The minimum absolute atomic E-state index is 0.129. The Morgan fingerprint density at radius 1 is 1.10 bits per heavy atom. The molecule has 1 aliphatic rings. The fourth-order valence-electron chi connectivity index (χ4n) is 3.57. The average molecular weight is 442 g/mol. The fourth-order valence-corrected chi connectivity index (χ4v) is 5.84. The van der Waals surface area contributed by atoms with Gasteiger partial charge in [0, 0.05) is 16.1 Å². The number of anilines is 3. The van der Waals surface area contributed by atoms with Crippen LogP contribution < -0.4 is 10.0 Å². The highest BCUT2D eigenvalue weighted by Crippen LogP contribution is 2.39. The van der Waals surface area contributed by atoms with Crippen LogP contribution in [0.5, 0.6) is 0 Å². The number of nitrogens with one attached hydrogen (secondary N) is 2. The summed E-state index contributed by atoms with van der Waals surface area (Å²) >= 11 is 1.73. The van der Waals surface area contributed by atoms with E-state index in [1.54, 1.807) is 55.8 Å². The van der Waals surface area contributed by atoms with Gasteiger partial charge in [-0.3, -0.25) is 0 Å². The highest BCUT2D eigenvalue weighted by Gasteiger charge is 2.22. The largest absolute Gasteiger partial charge is 0.340 e. The highest BCUT2D eigenvalue weighted by atomic mass is 32.2. The smallest absolute Gasteiger partial charge is 0.264 e. The Kier molecular flexibility index (Phi) is 4.48. The monoisotopic (exact) mass is 441 g/mol.